The monoisotopic (exact) mass is 413 g/mol. The lowest BCUT2D eigenvalue weighted by Crippen LogP contribution is -2.35. The molecule has 1 atom stereocenters. The van der Waals surface area contributed by atoms with E-state index in [9.17, 15) is 29.3 Å². The van der Waals surface area contributed by atoms with Gasteiger partial charge in [0.15, 0.2) is 11.9 Å². The molecule has 156 valence electrons. The van der Waals surface area contributed by atoms with Crippen molar-refractivity contribution in [1.29, 1.82) is 0 Å². The Balaban J connectivity index is 1.86. The Hall–Kier alpha value is -4.08. The molecule has 2 rings (SSSR count). The normalized spacial score (nSPS) is 11.1. The van der Waals surface area contributed by atoms with Gasteiger partial charge < -0.3 is 15.4 Å². The first-order chi connectivity index (χ1) is 14.2. The Morgan fingerprint density at radius 2 is 1.73 bits per heavy atom. The van der Waals surface area contributed by atoms with Crippen molar-refractivity contribution >= 4 is 34.9 Å². The Bertz CT molecular complexity index is 1000. The van der Waals surface area contributed by atoms with E-state index >= 15 is 0 Å². The van der Waals surface area contributed by atoms with Crippen molar-refractivity contribution in [3.8, 4) is 0 Å². The Labute approximate surface area is 171 Å². The van der Waals surface area contributed by atoms with Crippen molar-refractivity contribution in [3.63, 3.8) is 0 Å². The van der Waals surface area contributed by atoms with Gasteiger partial charge >= 0.3 is 5.97 Å². The zero-order valence-corrected chi connectivity index (χ0v) is 16.2. The number of ether oxygens (including phenoxy) is 1. The third-order valence-electron chi connectivity index (χ3n) is 3.93. The Morgan fingerprint density at radius 1 is 1.07 bits per heavy atom. The lowest BCUT2D eigenvalue weighted by atomic mass is 10.1. The number of ketones is 1. The van der Waals surface area contributed by atoms with Crippen LogP contribution in [-0.4, -0.2) is 41.1 Å². The molecule has 0 heterocycles. The molecule has 0 saturated heterocycles. The highest BCUT2D eigenvalue weighted by atomic mass is 16.6. The summed E-state index contributed by atoms with van der Waals surface area (Å²) in [4.78, 5) is 57.6. The van der Waals surface area contributed by atoms with Gasteiger partial charge in [-0.3, -0.25) is 29.3 Å². The average molecular weight is 413 g/mol. The lowest BCUT2D eigenvalue weighted by Gasteiger charge is -2.14. The summed E-state index contributed by atoms with van der Waals surface area (Å²) < 4.78 is 4.97. The molecule has 2 aromatic rings. The first-order valence-electron chi connectivity index (χ1n) is 8.81. The van der Waals surface area contributed by atoms with Crippen LogP contribution in [0.2, 0.25) is 0 Å². The average Bonchev–Trinajstić information content (AvgIpc) is 2.72. The molecule has 10 nitrogen and oxygen atoms in total. The van der Waals surface area contributed by atoms with Gasteiger partial charge in [-0.15, -0.1) is 0 Å². The van der Waals surface area contributed by atoms with Crippen LogP contribution in [0.15, 0.2) is 48.5 Å². The van der Waals surface area contributed by atoms with Crippen LogP contribution in [0, 0.1) is 10.1 Å². The molecular formula is C20H19N3O7. The van der Waals surface area contributed by atoms with Crippen LogP contribution in [0.25, 0.3) is 0 Å². The molecule has 0 fully saturated rings. The number of amides is 2. The number of hydrogen-bond acceptors (Lipinski definition) is 7. The standard InChI is InChI=1S/C20H19N3O7/c1-12(24)14-5-3-7-16(9-14)22-19(26)13(2)30-18(25)11-21-20(27)15-6-4-8-17(10-15)23(28)29/h3-10,13H,11H2,1-2H3,(H,21,27)(H,22,26)/t13-/m0/s1. The first-order valence-corrected chi connectivity index (χ1v) is 8.81. The largest absolute Gasteiger partial charge is 0.451 e. The highest BCUT2D eigenvalue weighted by molar-refractivity contribution is 5.99. The maximum atomic E-state index is 12.2. The molecule has 10 heteroatoms. The molecule has 0 aromatic heterocycles. The number of nitro benzene ring substituents is 1. The zero-order chi connectivity index (χ0) is 22.3. The minimum Gasteiger partial charge on any atom is -0.451 e. The van der Waals surface area contributed by atoms with Gasteiger partial charge in [-0.25, -0.2) is 0 Å². The quantitative estimate of drug-likeness (QED) is 0.292. The fourth-order valence-electron chi connectivity index (χ4n) is 2.37. The van der Waals surface area contributed by atoms with E-state index in [0.717, 1.165) is 6.07 Å². The van der Waals surface area contributed by atoms with E-state index < -0.39 is 35.4 Å². The third kappa shape index (κ3) is 6.23. The van der Waals surface area contributed by atoms with Gasteiger partial charge in [0.25, 0.3) is 17.5 Å². The summed E-state index contributed by atoms with van der Waals surface area (Å²) in [5.41, 5.74) is 0.536. The first kappa shape index (κ1) is 22.2. The van der Waals surface area contributed by atoms with Crippen LogP contribution in [0.4, 0.5) is 11.4 Å². The number of benzene rings is 2. The van der Waals surface area contributed by atoms with Gasteiger partial charge in [0.1, 0.15) is 6.54 Å². The lowest BCUT2D eigenvalue weighted by molar-refractivity contribution is -0.384. The Morgan fingerprint density at radius 3 is 2.40 bits per heavy atom. The predicted octanol–water partition coefficient (Wildman–Crippen LogP) is 2.10. The number of nitrogens with one attached hydrogen (secondary N) is 2. The fraction of sp³-hybridized carbons (Fsp3) is 0.200. The molecule has 30 heavy (non-hydrogen) atoms. The molecular weight excluding hydrogens is 394 g/mol. The van der Waals surface area contributed by atoms with E-state index in [2.05, 4.69) is 10.6 Å². The zero-order valence-electron chi connectivity index (χ0n) is 16.2. The minimum absolute atomic E-state index is 0.00754. The number of hydrogen-bond donors (Lipinski definition) is 2. The molecule has 2 amide bonds. The van der Waals surface area contributed by atoms with Crippen molar-refractivity contribution < 1.29 is 28.8 Å². The molecule has 0 aliphatic rings. The van der Waals surface area contributed by atoms with Gasteiger partial charge in [-0.1, -0.05) is 18.2 Å². The summed E-state index contributed by atoms with van der Waals surface area (Å²) in [6.45, 7) is 2.22. The van der Waals surface area contributed by atoms with Crippen molar-refractivity contribution in [2.24, 2.45) is 0 Å². The van der Waals surface area contributed by atoms with Gasteiger partial charge in [0.05, 0.1) is 4.92 Å². The van der Waals surface area contributed by atoms with Gasteiger partial charge in [0.2, 0.25) is 0 Å². The number of esters is 1. The van der Waals surface area contributed by atoms with Crippen LogP contribution < -0.4 is 10.6 Å². The van der Waals surface area contributed by atoms with E-state index in [1.165, 1.54) is 38.1 Å². The number of anilines is 1. The van der Waals surface area contributed by atoms with Gasteiger partial charge in [0, 0.05) is 28.9 Å². The second-order valence-corrected chi connectivity index (χ2v) is 6.25. The highest BCUT2D eigenvalue weighted by Crippen LogP contribution is 2.13. The van der Waals surface area contributed by atoms with Gasteiger partial charge in [-0.05, 0) is 32.0 Å². The molecule has 0 aliphatic carbocycles. The highest BCUT2D eigenvalue weighted by Gasteiger charge is 2.19. The SMILES string of the molecule is CC(=O)c1cccc(NC(=O)[C@H](C)OC(=O)CNC(=O)c2cccc([N+](=O)[O-])c2)c1. The second-order valence-electron chi connectivity index (χ2n) is 6.25. The summed E-state index contributed by atoms with van der Waals surface area (Å²) in [6.07, 6.45) is -1.16. The number of carbonyl (C=O) groups is 4. The molecule has 0 aliphatic heterocycles. The van der Waals surface area contributed by atoms with Crippen molar-refractivity contribution in [2.75, 3.05) is 11.9 Å². The van der Waals surface area contributed by atoms with E-state index in [1.54, 1.807) is 18.2 Å². The fourth-order valence-corrected chi connectivity index (χ4v) is 2.37. The summed E-state index contributed by atoms with van der Waals surface area (Å²) >= 11 is 0. The summed E-state index contributed by atoms with van der Waals surface area (Å²) in [6, 6.07) is 11.3. The third-order valence-corrected chi connectivity index (χ3v) is 3.93. The molecule has 0 saturated carbocycles. The number of non-ortho nitro benzene ring substituents is 1. The number of carbonyl (C=O) groups excluding carboxylic acids is 4. The van der Waals surface area contributed by atoms with Gasteiger partial charge in [-0.2, -0.15) is 0 Å². The van der Waals surface area contributed by atoms with Crippen LogP contribution in [-0.2, 0) is 14.3 Å². The number of rotatable bonds is 8. The number of Topliss-reactive ketones (excluding diaryl/α,β-unsaturated/α-hetero) is 1. The maximum absolute atomic E-state index is 12.2. The maximum Gasteiger partial charge on any atom is 0.326 e. The second kappa shape index (κ2) is 9.92. The summed E-state index contributed by atoms with van der Waals surface area (Å²) in [5, 5.41) is 15.6. The van der Waals surface area contributed by atoms with Crippen LogP contribution in [0.3, 0.4) is 0 Å². The topological polar surface area (TPSA) is 145 Å². The molecule has 2 N–H and O–H groups in total. The van der Waals surface area contributed by atoms with Crippen LogP contribution in [0.1, 0.15) is 34.6 Å². The predicted molar refractivity (Wildman–Crippen MR) is 106 cm³/mol. The molecule has 0 radical (unpaired) electrons. The smallest absolute Gasteiger partial charge is 0.326 e. The Kier molecular flexibility index (Phi) is 7.34. The van der Waals surface area contributed by atoms with Crippen molar-refractivity contribution in [3.05, 3.63) is 69.8 Å². The van der Waals surface area contributed by atoms with E-state index in [4.69, 9.17) is 4.74 Å². The van der Waals surface area contributed by atoms with Crippen LogP contribution in [0.5, 0.6) is 0 Å². The molecule has 0 unspecified atom stereocenters. The van der Waals surface area contributed by atoms with Crippen molar-refractivity contribution in [1.82, 2.24) is 5.32 Å². The number of nitro groups is 1. The van der Waals surface area contributed by atoms with Crippen molar-refractivity contribution in [2.45, 2.75) is 20.0 Å². The molecule has 0 bridgehead atoms. The van der Waals surface area contributed by atoms with Crippen LogP contribution >= 0.6 is 0 Å². The number of nitrogens with zero attached hydrogens (tertiary/aromatic N) is 1. The minimum atomic E-state index is -1.16. The van der Waals surface area contributed by atoms with E-state index in [0.29, 0.717) is 11.3 Å². The molecule has 2 aromatic carbocycles. The summed E-state index contributed by atoms with van der Waals surface area (Å²) in [5.74, 6) is -2.35. The summed E-state index contributed by atoms with van der Waals surface area (Å²) in [7, 11) is 0. The van der Waals surface area contributed by atoms with E-state index in [-0.39, 0.29) is 17.0 Å². The molecule has 0 spiro atoms. The van der Waals surface area contributed by atoms with E-state index in [1.807, 2.05) is 0 Å².